The Labute approximate surface area is 153 Å². The standard InChI is InChI=1S/C16H34N4O.HI/c1-6-20-11-8-14(9-12-20)7-10-18-15(17-4)19-13-16(2,3)21-5;/h14H,6-13H2,1-5H3,(H2,17,18,19);1H. The molecule has 0 atom stereocenters. The maximum atomic E-state index is 5.40. The number of guanidine groups is 1. The molecule has 0 aromatic heterocycles. The van der Waals surface area contributed by atoms with Crippen LogP contribution in [0.5, 0.6) is 0 Å². The Hall–Kier alpha value is -0.0800. The third kappa shape index (κ3) is 8.53. The summed E-state index contributed by atoms with van der Waals surface area (Å²) in [5.74, 6) is 1.72. The average molecular weight is 426 g/mol. The van der Waals surface area contributed by atoms with E-state index in [1.165, 1.54) is 38.9 Å². The van der Waals surface area contributed by atoms with E-state index in [1.54, 1.807) is 7.11 Å². The average Bonchev–Trinajstić information content (AvgIpc) is 2.51. The van der Waals surface area contributed by atoms with Gasteiger partial charge in [0.25, 0.3) is 0 Å². The van der Waals surface area contributed by atoms with Gasteiger partial charge in [0.15, 0.2) is 5.96 Å². The van der Waals surface area contributed by atoms with Crippen molar-refractivity contribution in [3.05, 3.63) is 0 Å². The van der Waals surface area contributed by atoms with Gasteiger partial charge in [0.1, 0.15) is 0 Å². The third-order valence-corrected chi connectivity index (χ3v) is 4.46. The van der Waals surface area contributed by atoms with Crippen molar-refractivity contribution in [2.45, 2.75) is 45.6 Å². The lowest BCUT2D eigenvalue weighted by atomic mass is 9.93. The van der Waals surface area contributed by atoms with E-state index in [-0.39, 0.29) is 29.6 Å². The predicted molar refractivity (Wildman–Crippen MR) is 105 cm³/mol. The summed E-state index contributed by atoms with van der Waals surface area (Å²) >= 11 is 0. The van der Waals surface area contributed by atoms with Gasteiger partial charge in [-0.1, -0.05) is 6.92 Å². The highest BCUT2D eigenvalue weighted by Gasteiger charge is 2.18. The molecule has 0 spiro atoms. The van der Waals surface area contributed by atoms with E-state index in [0.29, 0.717) is 0 Å². The van der Waals surface area contributed by atoms with E-state index in [4.69, 9.17) is 4.74 Å². The highest BCUT2D eigenvalue weighted by molar-refractivity contribution is 14.0. The number of hydrogen-bond acceptors (Lipinski definition) is 3. The second kappa shape index (κ2) is 11.5. The second-order valence-corrected chi connectivity index (χ2v) is 6.48. The van der Waals surface area contributed by atoms with Gasteiger partial charge in [-0.15, -0.1) is 24.0 Å². The first-order valence-corrected chi connectivity index (χ1v) is 8.22. The quantitative estimate of drug-likeness (QED) is 0.373. The zero-order valence-electron chi connectivity index (χ0n) is 14.9. The molecule has 1 fully saturated rings. The topological polar surface area (TPSA) is 48.9 Å². The Morgan fingerprint density at radius 1 is 1.27 bits per heavy atom. The molecule has 6 heteroatoms. The van der Waals surface area contributed by atoms with Crippen molar-refractivity contribution in [1.82, 2.24) is 15.5 Å². The normalized spacial score (nSPS) is 18.0. The number of likely N-dealkylation sites (tertiary alicyclic amines) is 1. The highest BCUT2D eigenvalue weighted by atomic mass is 127. The molecule has 0 unspecified atom stereocenters. The Kier molecular flexibility index (Phi) is 11.4. The summed E-state index contributed by atoms with van der Waals surface area (Å²) in [5.41, 5.74) is -0.176. The van der Waals surface area contributed by atoms with E-state index in [2.05, 4.69) is 41.3 Å². The van der Waals surface area contributed by atoms with Crippen molar-refractivity contribution in [3.8, 4) is 0 Å². The molecule has 0 amide bonds. The summed E-state index contributed by atoms with van der Waals surface area (Å²) in [6.07, 6.45) is 3.89. The number of nitrogens with zero attached hydrogens (tertiary/aromatic N) is 2. The van der Waals surface area contributed by atoms with Crippen LogP contribution in [0.4, 0.5) is 0 Å². The number of rotatable bonds is 7. The zero-order valence-corrected chi connectivity index (χ0v) is 17.3. The largest absolute Gasteiger partial charge is 0.377 e. The monoisotopic (exact) mass is 426 g/mol. The van der Waals surface area contributed by atoms with Gasteiger partial charge >= 0.3 is 0 Å². The molecule has 1 heterocycles. The van der Waals surface area contributed by atoms with Crippen molar-refractivity contribution < 1.29 is 4.74 Å². The molecular formula is C16H35IN4O. The molecule has 0 saturated carbocycles. The Bertz CT molecular complexity index is 315. The maximum Gasteiger partial charge on any atom is 0.191 e. The minimum Gasteiger partial charge on any atom is -0.377 e. The molecule has 0 bridgehead atoms. The third-order valence-electron chi connectivity index (χ3n) is 4.46. The summed E-state index contributed by atoms with van der Waals surface area (Å²) in [5, 5.41) is 6.73. The summed E-state index contributed by atoms with van der Waals surface area (Å²) in [4.78, 5) is 6.80. The molecule has 5 nitrogen and oxygen atoms in total. The minimum absolute atomic E-state index is 0. The Balaban J connectivity index is 0.00000441. The number of piperidine rings is 1. The number of halogens is 1. The van der Waals surface area contributed by atoms with Crippen molar-refractivity contribution in [3.63, 3.8) is 0 Å². The predicted octanol–water partition coefficient (Wildman–Crippen LogP) is 2.32. The first-order valence-electron chi connectivity index (χ1n) is 8.22. The van der Waals surface area contributed by atoms with Crippen molar-refractivity contribution in [1.29, 1.82) is 0 Å². The smallest absolute Gasteiger partial charge is 0.191 e. The maximum absolute atomic E-state index is 5.40. The molecule has 22 heavy (non-hydrogen) atoms. The van der Waals surface area contributed by atoms with Crippen LogP contribution in [0.25, 0.3) is 0 Å². The fraction of sp³-hybridized carbons (Fsp3) is 0.938. The summed E-state index contributed by atoms with van der Waals surface area (Å²) in [6, 6.07) is 0. The van der Waals surface area contributed by atoms with Crippen LogP contribution in [0, 0.1) is 5.92 Å². The van der Waals surface area contributed by atoms with Gasteiger partial charge in [-0.05, 0) is 58.7 Å². The van der Waals surface area contributed by atoms with E-state index >= 15 is 0 Å². The minimum atomic E-state index is -0.176. The molecule has 132 valence electrons. The molecule has 0 aromatic rings. The molecular weight excluding hydrogens is 391 g/mol. The van der Waals surface area contributed by atoms with Crippen LogP contribution in [0.15, 0.2) is 4.99 Å². The molecule has 0 aliphatic carbocycles. The zero-order chi connectivity index (χ0) is 15.7. The van der Waals surface area contributed by atoms with Crippen LogP contribution in [0.2, 0.25) is 0 Å². The van der Waals surface area contributed by atoms with Crippen LogP contribution < -0.4 is 10.6 Å². The fourth-order valence-corrected chi connectivity index (χ4v) is 2.58. The van der Waals surface area contributed by atoms with Crippen LogP contribution >= 0.6 is 24.0 Å². The van der Waals surface area contributed by atoms with Crippen molar-refractivity contribution in [2.75, 3.05) is 46.9 Å². The summed E-state index contributed by atoms with van der Waals surface area (Å²) in [7, 11) is 3.55. The Morgan fingerprint density at radius 3 is 2.41 bits per heavy atom. The van der Waals surface area contributed by atoms with E-state index in [1.807, 2.05) is 7.05 Å². The van der Waals surface area contributed by atoms with Crippen molar-refractivity contribution >= 4 is 29.9 Å². The van der Waals surface area contributed by atoms with Gasteiger partial charge in [0.05, 0.1) is 5.60 Å². The van der Waals surface area contributed by atoms with Gasteiger partial charge in [-0.3, -0.25) is 4.99 Å². The number of ether oxygens (including phenoxy) is 1. The molecule has 0 aromatic carbocycles. The van der Waals surface area contributed by atoms with Crippen LogP contribution in [-0.4, -0.2) is 63.3 Å². The first kappa shape index (κ1) is 21.9. The highest BCUT2D eigenvalue weighted by Crippen LogP contribution is 2.19. The molecule has 2 N–H and O–H groups in total. The number of methoxy groups -OCH3 is 1. The van der Waals surface area contributed by atoms with Gasteiger partial charge in [0, 0.05) is 27.2 Å². The number of aliphatic imine (C=N–C) groups is 1. The number of hydrogen-bond donors (Lipinski definition) is 2. The van der Waals surface area contributed by atoms with Gasteiger partial charge in [-0.25, -0.2) is 0 Å². The van der Waals surface area contributed by atoms with Crippen molar-refractivity contribution in [2.24, 2.45) is 10.9 Å². The van der Waals surface area contributed by atoms with E-state index < -0.39 is 0 Å². The van der Waals surface area contributed by atoms with Crippen LogP contribution in [0.3, 0.4) is 0 Å². The van der Waals surface area contributed by atoms with Crippen LogP contribution in [0.1, 0.15) is 40.0 Å². The number of nitrogens with one attached hydrogen (secondary N) is 2. The lowest BCUT2D eigenvalue weighted by molar-refractivity contribution is 0.0268. The molecule has 1 saturated heterocycles. The first-order chi connectivity index (χ1) is 10.0. The van der Waals surface area contributed by atoms with Crippen LogP contribution in [-0.2, 0) is 4.74 Å². The van der Waals surface area contributed by atoms with Gasteiger partial charge in [0.2, 0.25) is 0 Å². The molecule has 0 radical (unpaired) electrons. The second-order valence-electron chi connectivity index (χ2n) is 6.48. The molecule has 1 rings (SSSR count). The lowest BCUT2D eigenvalue weighted by Gasteiger charge is -2.31. The van der Waals surface area contributed by atoms with Gasteiger partial charge < -0.3 is 20.3 Å². The van der Waals surface area contributed by atoms with E-state index in [0.717, 1.165) is 25.0 Å². The lowest BCUT2D eigenvalue weighted by Crippen LogP contribution is -2.45. The van der Waals surface area contributed by atoms with E-state index in [9.17, 15) is 0 Å². The molecule has 1 aliphatic heterocycles. The fourth-order valence-electron chi connectivity index (χ4n) is 2.58. The summed E-state index contributed by atoms with van der Waals surface area (Å²) in [6.45, 7) is 11.8. The Morgan fingerprint density at radius 2 is 1.91 bits per heavy atom. The van der Waals surface area contributed by atoms with Gasteiger partial charge in [-0.2, -0.15) is 0 Å². The molecule has 1 aliphatic rings. The SMILES string of the molecule is CCN1CCC(CCNC(=NC)NCC(C)(C)OC)CC1.I. The summed E-state index contributed by atoms with van der Waals surface area (Å²) < 4.78 is 5.40.